The van der Waals surface area contributed by atoms with Crippen LogP contribution in [0.5, 0.6) is 0 Å². The number of carbonyl (C=O) groups excluding carboxylic acids is 2. The Morgan fingerprint density at radius 2 is 2.03 bits per heavy atom. The number of likely N-dealkylation sites (tertiary alicyclic amines) is 1. The molecule has 152 valence electrons. The van der Waals surface area contributed by atoms with E-state index in [0.717, 1.165) is 35.1 Å². The molecule has 3 aromatic rings. The molecule has 0 saturated carbocycles. The molecule has 0 unspecified atom stereocenters. The van der Waals surface area contributed by atoms with Gasteiger partial charge in [-0.25, -0.2) is 0 Å². The number of fused-ring (bicyclic) bond motifs is 1. The standard InChI is InChI=1S/C21H26N6O2/c1-14(28)24-19(11-16-12-22-18-6-4-3-5-17(16)18)21(29)27-9-7-15(8-10-27)20-25-23-13-26(20)2/h3-6,12-13,15,19,22H,7-11H2,1-2H3,(H,24,28)/t19-/m1/s1. The Labute approximate surface area is 169 Å². The summed E-state index contributed by atoms with van der Waals surface area (Å²) in [6.07, 6.45) is 5.79. The Bertz CT molecular complexity index is 1020. The molecule has 1 atom stereocenters. The van der Waals surface area contributed by atoms with Crippen LogP contribution in [0.25, 0.3) is 10.9 Å². The molecule has 0 spiro atoms. The third-order valence-corrected chi connectivity index (χ3v) is 5.69. The van der Waals surface area contributed by atoms with Crippen molar-refractivity contribution >= 4 is 22.7 Å². The predicted octanol–water partition coefficient (Wildman–Crippen LogP) is 1.75. The van der Waals surface area contributed by atoms with E-state index in [1.807, 2.05) is 47.0 Å². The van der Waals surface area contributed by atoms with Gasteiger partial charge in [-0.15, -0.1) is 10.2 Å². The highest BCUT2D eigenvalue weighted by atomic mass is 16.2. The van der Waals surface area contributed by atoms with Gasteiger partial charge in [-0.2, -0.15) is 0 Å². The second-order valence-electron chi connectivity index (χ2n) is 7.72. The maximum absolute atomic E-state index is 13.2. The molecule has 0 bridgehead atoms. The van der Waals surface area contributed by atoms with E-state index in [0.29, 0.717) is 25.4 Å². The van der Waals surface area contributed by atoms with Gasteiger partial charge in [0, 0.05) is 56.5 Å². The number of nitrogens with one attached hydrogen (secondary N) is 2. The molecule has 2 amide bonds. The summed E-state index contributed by atoms with van der Waals surface area (Å²) in [6.45, 7) is 2.76. The van der Waals surface area contributed by atoms with Crippen LogP contribution in [0, 0.1) is 0 Å². The minimum absolute atomic E-state index is 0.0260. The summed E-state index contributed by atoms with van der Waals surface area (Å²) in [7, 11) is 1.95. The van der Waals surface area contributed by atoms with Gasteiger partial charge >= 0.3 is 0 Å². The number of carbonyl (C=O) groups is 2. The molecule has 1 aromatic carbocycles. The maximum Gasteiger partial charge on any atom is 0.245 e. The molecular weight excluding hydrogens is 368 g/mol. The molecule has 2 aromatic heterocycles. The first-order valence-electron chi connectivity index (χ1n) is 9.97. The summed E-state index contributed by atoms with van der Waals surface area (Å²) in [5.41, 5.74) is 2.06. The normalized spacial score (nSPS) is 16.1. The van der Waals surface area contributed by atoms with E-state index in [-0.39, 0.29) is 11.8 Å². The second-order valence-corrected chi connectivity index (χ2v) is 7.72. The first kappa shape index (κ1) is 19.2. The van der Waals surface area contributed by atoms with Crippen LogP contribution in [0.3, 0.4) is 0 Å². The van der Waals surface area contributed by atoms with E-state index >= 15 is 0 Å². The second kappa shape index (κ2) is 8.06. The fourth-order valence-electron chi connectivity index (χ4n) is 4.21. The first-order valence-corrected chi connectivity index (χ1v) is 9.97. The molecule has 1 fully saturated rings. The van der Waals surface area contributed by atoms with Gasteiger partial charge in [-0.1, -0.05) is 18.2 Å². The molecule has 4 rings (SSSR count). The van der Waals surface area contributed by atoms with Crippen molar-refractivity contribution in [2.75, 3.05) is 13.1 Å². The fourth-order valence-corrected chi connectivity index (χ4v) is 4.21. The number of benzene rings is 1. The van der Waals surface area contributed by atoms with Crippen molar-refractivity contribution in [3.63, 3.8) is 0 Å². The quantitative estimate of drug-likeness (QED) is 0.689. The van der Waals surface area contributed by atoms with Crippen molar-refractivity contribution in [3.05, 3.63) is 48.2 Å². The Morgan fingerprint density at radius 1 is 1.28 bits per heavy atom. The molecular formula is C21H26N6O2. The number of aryl methyl sites for hydroxylation is 1. The highest BCUT2D eigenvalue weighted by molar-refractivity contribution is 5.89. The summed E-state index contributed by atoms with van der Waals surface area (Å²) in [5.74, 6) is 1.05. The van der Waals surface area contributed by atoms with Gasteiger partial charge in [-0.05, 0) is 24.5 Å². The molecule has 8 nitrogen and oxygen atoms in total. The average Bonchev–Trinajstić information content (AvgIpc) is 3.33. The van der Waals surface area contributed by atoms with Crippen molar-refractivity contribution in [1.29, 1.82) is 0 Å². The molecule has 29 heavy (non-hydrogen) atoms. The van der Waals surface area contributed by atoms with Gasteiger partial charge in [0.2, 0.25) is 11.8 Å². The van der Waals surface area contributed by atoms with Gasteiger partial charge in [0.05, 0.1) is 0 Å². The number of hydrogen-bond donors (Lipinski definition) is 2. The molecule has 1 aliphatic rings. The van der Waals surface area contributed by atoms with Crippen molar-refractivity contribution in [3.8, 4) is 0 Å². The first-order chi connectivity index (χ1) is 14.0. The number of aromatic nitrogens is 4. The zero-order valence-corrected chi connectivity index (χ0v) is 16.8. The van der Waals surface area contributed by atoms with Crippen molar-refractivity contribution < 1.29 is 9.59 Å². The Kier molecular flexibility index (Phi) is 5.33. The molecule has 1 aliphatic heterocycles. The lowest BCUT2D eigenvalue weighted by Crippen LogP contribution is -2.51. The number of amides is 2. The van der Waals surface area contributed by atoms with Crippen LogP contribution in [0.1, 0.15) is 37.1 Å². The smallest absolute Gasteiger partial charge is 0.245 e. The molecule has 3 heterocycles. The lowest BCUT2D eigenvalue weighted by molar-refractivity contribution is -0.137. The van der Waals surface area contributed by atoms with Crippen LogP contribution >= 0.6 is 0 Å². The number of nitrogens with zero attached hydrogens (tertiary/aromatic N) is 4. The van der Waals surface area contributed by atoms with Gasteiger partial charge in [0.15, 0.2) is 0 Å². The number of hydrogen-bond acceptors (Lipinski definition) is 4. The van der Waals surface area contributed by atoms with Crippen molar-refractivity contribution in [2.24, 2.45) is 7.05 Å². The summed E-state index contributed by atoms with van der Waals surface area (Å²) in [5, 5.41) is 12.1. The SMILES string of the molecule is CC(=O)N[C@H](Cc1c[nH]c2ccccc12)C(=O)N1CCC(c2nncn2C)CC1. The van der Waals surface area contributed by atoms with E-state index in [1.54, 1.807) is 6.33 Å². The van der Waals surface area contributed by atoms with E-state index in [9.17, 15) is 9.59 Å². The lowest BCUT2D eigenvalue weighted by Gasteiger charge is -2.34. The van der Waals surface area contributed by atoms with Crippen molar-refractivity contribution in [1.82, 2.24) is 30.0 Å². The van der Waals surface area contributed by atoms with Crippen LogP contribution in [-0.4, -0.2) is 55.6 Å². The highest BCUT2D eigenvalue weighted by Gasteiger charge is 2.31. The molecule has 2 N–H and O–H groups in total. The Balaban J connectivity index is 1.46. The third kappa shape index (κ3) is 4.01. The van der Waals surface area contributed by atoms with Crippen LogP contribution < -0.4 is 5.32 Å². The zero-order valence-electron chi connectivity index (χ0n) is 16.8. The van der Waals surface area contributed by atoms with Crippen LogP contribution in [0.2, 0.25) is 0 Å². The minimum atomic E-state index is -0.571. The minimum Gasteiger partial charge on any atom is -0.361 e. The predicted molar refractivity (Wildman–Crippen MR) is 109 cm³/mol. The number of H-pyrrole nitrogens is 1. The molecule has 0 radical (unpaired) electrons. The third-order valence-electron chi connectivity index (χ3n) is 5.69. The fraction of sp³-hybridized carbons (Fsp3) is 0.429. The number of piperidine rings is 1. The van der Waals surface area contributed by atoms with E-state index in [4.69, 9.17) is 0 Å². The zero-order chi connectivity index (χ0) is 20.4. The van der Waals surface area contributed by atoms with Gasteiger partial charge in [0.25, 0.3) is 0 Å². The van der Waals surface area contributed by atoms with Crippen LogP contribution in [0.15, 0.2) is 36.8 Å². The van der Waals surface area contributed by atoms with E-state index in [1.165, 1.54) is 6.92 Å². The number of aromatic amines is 1. The topological polar surface area (TPSA) is 95.9 Å². The molecule has 0 aliphatic carbocycles. The highest BCUT2D eigenvalue weighted by Crippen LogP contribution is 2.27. The van der Waals surface area contributed by atoms with Crippen LogP contribution in [-0.2, 0) is 23.1 Å². The number of para-hydroxylation sites is 1. The number of rotatable bonds is 5. The lowest BCUT2D eigenvalue weighted by atomic mass is 9.95. The monoisotopic (exact) mass is 394 g/mol. The van der Waals surface area contributed by atoms with Crippen molar-refractivity contribution in [2.45, 2.75) is 38.1 Å². The summed E-state index contributed by atoms with van der Waals surface area (Å²) < 4.78 is 1.94. The van der Waals surface area contributed by atoms with E-state index in [2.05, 4.69) is 20.5 Å². The maximum atomic E-state index is 13.2. The van der Waals surface area contributed by atoms with Crippen LogP contribution in [0.4, 0.5) is 0 Å². The molecule has 1 saturated heterocycles. The van der Waals surface area contributed by atoms with Gasteiger partial charge < -0.3 is 19.8 Å². The summed E-state index contributed by atoms with van der Waals surface area (Å²) in [4.78, 5) is 30.1. The van der Waals surface area contributed by atoms with Gasteiger partial charge in [-0.3, -0.25) is 9.59 Å². The molecule has 8 heteroatoms. The Morgan fingerprint density at radius 3 is 2.72 bits per heavy atom. The van der Waals surface area contributed by atoms with Gasteiger partial charge in [0.1, 0.15) is 18.2 Å². The average molecular weight is 394 g/mol. The summed E-state index contributed by atoms with van der Waals surface area (Å²) in [6, 6.07) is 7.42. The largest absolute Gasteiger partial charge is 0.361 e. The van der Waals surface area contributed by atoms with E-state index < -0.39 is 6.04 Å². The summed E-state index contributed by atoms with van der Waals surface area (Å²) >= 11 is 0. The Hall–Kier alpha value is -3.16.